The first-order valence-electron chi connectivity index (χ1n) is 12.7. The second kappa shape index (κ2) is 9.48. The Morgan fingerprint density at radius 3 is 1.50 bits per heavy atom. The Balaban J connectivity index is 0.000000344. The lowest BCUT2D eigenvalue weighted by molar-refractivity contribution is -0.689. The van der Waals surface area contributed by atoms with Gasteiger partial charge in [-0.3, -0.25) is 4.79 Å². The molecule has 3 aliphatic rings. The second-order valence-electron chi connectivity index (χ2n) is 10.5. The molecule has 2 atom stereocenters. The molecule has 0 amide bonds. The average molecular weight is 461 g/mol. The summed E-state index contributed by atoms with van der Waals surface area (Å²) < 4.78 is 9.75. The Labute approximate surface area is 205 Å². The lowest BCUT2D eigenvalue weighted by Gasteiger charge is -2.13. The molecule has 4 nitrogen and oxygen atoms in total. The Bertz CT molecular complexity index is 1070. The molecule has 180 valence electrons. The number of para-hydroxylation sites is 2. The van der Waals surface area contributed by atoms with Gasteiger partial charge in [-0.25, -0.2) is 0 Å². The van der Waals surface area contributed by atoms with Crippen molar-refractivity contribution in [1.82, 2.24) is 0 Å². The van der Waals surface area contributed by atoms with Crippen LogP contribution < -0.4 is 0 Å². The fourth-order valence-electron chi connectivity index (χ4n) is 6.28. The van der Waals surface area contributed by atoms with E-state index in [4.69, 9.17) is 0 Å². The van der Waals surface area contributed by atoms with Gasteiger partial charge in [0, 0.05) is 22.3 Å². The van der Waals surface area contributed by atoms with E-state index >= 15 is 0 Å². The van der Waals surface area contributed by atoms with Crippen molar-refractivity contribution < 1.29 is 18.7 Å². The van der Waals surface area contributed by atoms with E-state index in [1.165, 1.54) is 60.0 Å². The first kappa shape index (κ1) is 24.4. The van der Waals surface area contributed by atoms with E-state index < -0.39 is 0 Å². The van der Waals surface area contributed by atoms with E-state index in [2.05, 4.69) is 84.9 Å². The highest BCUT2D eigenvalue weighted by molar-refractivity contribution is 6.43. The normalized spacial score (nSPS) is 22.8. The first-order valence-corrected chi connectivity index (χ1v) is 12.7. The van der Waals surface area contributed by atoms with E-state index in [9.17, 15) is 4.79 Å². The summed E-state index contributed by atoms with van der Waals surface area (Å²) in [5, 5.41) is 0. The van der Waals surface area contributed by atoms with Gasteiger partial charge >= 0.3 is 12.1 Å². The van der Waals surface area contributed by atoms with Gasteiger partial charge in [0.25, 0.3) is 11.4 Å². The average Bonchev–Trinajstić information content (AvgIpc) is 3.47. The number of esters is 1. The van der Waals surface area contributed by atoms with Crippen LogP contribution >= 0.6 is 0 Å². The Morgan fingerprint density at radius 1 is 0.824 bits per heavy atom. The summed E-state index contributed by atoms with van der Waals surface area (Å²) >= 11 is 0. The molecule has 2 aromatic rings. The van der Waals surface area contributed by atoms with Crippen LogP contribution in [0.25, 0.3) is 0 Å². The molecule has 0 N–H and O–H groups in total. The minimum atomic E-state index is -0.153. The van der Waals surface area contributed by atoms with Crippen LogP contribution in [0.1, 0.15) is 62.3 Å². The third kappa shape index (κ3) is 4.01. The molecular weight excluding hydrogens is 420 g/mol. The molecule has 2 fully saturated rings. The molecular formula is C30H40N2O2+2. The quantitative estimate of drug-likeness (QED) is 0.392. The zero-order valence-electron chi connectivity index (χ0n) is 22.1. The highest BCUT2D eigenvalue weighted by atomic mass is 16.5. The van der Waals surface area contributed by atoms with E-state index in [0.717, 1.165) is 11.8 Å². The maximum Gasteiger partial charge on any atom is 0.351 e. The predicted molar refractivity (Wildman–Crippen MR) is 139 cm³/mol. The molecule has 1 heterocycles. The van der Waals surface area contributed by atoms with Crippen LogP contribution in [0.2, 0.25) is 0 Å². The monoisotopic (exact) mass is 460 g/mol. The lowest BCUT2D eigenvalue weighted by atomic mass is 9.95. The number of benzene rings is 2. The number of ether oxygens (including phenoxy) is 1. The molecule has 0 saturated heterocycles. The third-order valence-corrected chi connectivity index (χ3v) is 7.77. The van der Waals surface area contributed by atoms with E-state index in [-0.39, 0.29) is 11.9 Å². The minimum Gasteiger partial charge on any atom is -0.469 e. The molecule has 2 aliphatic carbocycles. The minimum absolute atomic E-state index is 0.00463. The molecule has 0 aromatic heterocycles. The zero-order chi connectivity index (χ0) is 24.7. The van der Waals surface area contributed by atoms with Gasteiger partial charge in [-0.1, -0.05) is 50.2 Å². The van der Waals surface area contributed by atoms with Crippen LogP contribution in [0.3, 0.4) is 0 Å². The van der Waals surface area contributed by atoms with Crippen LogP contribution in [0.4, 0.5) is 11.4 Å². The maximum absolute atomic E-state index is 10.3. The van der Waals surface area contributed by atoms with Crippen molar-refractivity contribution in [3.05, 3.63) is 58.7 Å². The van der Waals surface area contributed by atoms with E-state index in [1.54, 1.807) is 25.3 Å². The van der Waals surface area contributed by atoms with Crippen molar-refractivity contribution in [2.75, 3.05) is 7.11 Å². The molecule has 1 aliphatic heterocycles. The van der Waals surface area contributed by atoms with Crippen molar-refractivity contribution in [3.63, 3.8) is 0 Å². The van der Waals surface area contributed by atoms with Gasteiger partial charge in [0.2, 0.25) is 11.4 Å². The molecule has 2 unspecified atom stereocenters. The standard InChI is InChI=1S/C25H30N2.C5H10O2/c1-15-8-6-9-16(2)22(15)26-19(5)27(23-17(3)10-7-11-18(23)4)25-21-13-12-20(14-21)24(25)26;1-4(2)5(6)7-3/h6-11,19-21H,12-14H2,1-5H3;4H,1-3H3/q+2;. The zero-order valence-corrected chi connectivity index (χ0v) is 22.1. The van der Waals surface area contributed by atoms with Gasteiger partial charge in [-0.15, -0.1) is 9.15 Å². The molecule has 0 radical (unpaired) electrons. The number of carbonyl (C=O) groups excluding carboxylic acids is 1. The number of carbonyl (C=O) groups is 1. The van der Waals surface area contributed by atoms with Crippen LogP contribution in [0.5, 0.6) is 0 Å². The fraction of sp³-hybridized carbons (Fsp3) is 0.500. The smallest absolute Gasteiger partial charge is 0.351 e. The number of fused-ring (bicyclic) bond motifs is 5. The van der Waals surface area contributed by atoms with Crippen molar-refractivity contribution in [3.8, 4) is 0 Å². The topological polar surface area (TPSA) is 32.3 Å². The summed E-state index contributed by atoms with van der Waals surface area (Å²) in [4.78, 5) is 10.3. The van der Waals surface area contributed by atoms with E-state index in [0.29, 0.717) is 6.17 Å². The number of rotatable bonds is 3. The van der Waals surface area contributed by atoms with Gasteiger partial charge in [0.1, 0.15) is 0 Å². The Hall–Kier alpha value is -2.75. The molecule has 2 saturated carbocycles. The van der Waals surface area contributed by atoms with Crippen LogP contribution in [0.15, 0.2) is 36.4 Å². The van der Waals surface area contributed by atoms with Crippen molar-refractivity contribution >= 4 is 28.8 Å². The van der Waals surface area contributed by atoms with Crippen molar-refractivity contribution in [1.29, 1.82) is 0 Å². The summed E-state index contributed by atoms with van der Waals surface area (Å²) in [6, 6.07) is 13.4. The summed E-state index contributed by atoms with van der Waals surface area (Å²) in [5.74, 6) is 1.33. The number of hydrogen-bond acceptors (Lipinski definition) is 2. The highest BCUT2D eigenvalue weighted by Crippen LogP contribution is 2.47. The van der Waals surface area contributed by atoms with Crippen LogP contribution in [-0.2, 0) is 9.53 Å². The van der Waals surface area contributed by atoms with Crippen LogP contribution in [0, 0.1) is 45.4 Å². The summed E-state index contributed by atoms with van der Waals surface area (Å²) in [6.45, 7) is 15.1. The number of nitrogens with zero attached hydrogens (tertiary/aromatic N) is 2. The Morgan fingerprint density at radius 2 is 1.21 bits per heavy atom. The van der Waals surface area contributed by atoms with Crippen molar-refractivity contribution in [2.24, 2.45) is 17.8 Å². The molecule has 2 aromatic carbocycles. The number of methoxy groups -OCH3 is 1. The summed E-state index contributed by atoms with van der Waals surface area (Å²) in [7, 11) is 1.39. The van der Waals surface area contributed by atoms with Crippen molar-refractivity contribution in [2.45, 2.75) is 73.9 Å². The first-order chi connectivity index (χ1) is 16.2. The number of aryl methyl sites for hydroxylation is 4. The SMILES string of the molecule is COC(=O)C(C)C.Cc1cccc(C)c1[N+]1=C2C(=[N+](c3c(C)cccc3C)C1C)C1CCC2C1. The second-order valence-corrected chi connectivity index (χ2v) is 10.5. The molecule has 34 heavy (non-hydrogen) atoms. The van der Waals surface area contributed by atoms with Gasteiger partial charge in [0.15, 0.2) is 0 Å². The summed E-state index contributed by atoms with van der Waals surface area (Å²) in [5.41, 5.74) is 11.7. The van der Waals surface area contributed by atoms with Gasteiger partial charge in [-0.05, 0) is 47.0 Å². The Kier molecular flexibility index (Phi) is 6.80. The van der Waals surface area contributed by atoms with Gasteiger partial charge < -0.3 is 4.74 Å². The largest absolute Gasteiger partial charge is 0.469 e. The third-order valence-electron chi connectivity index (χ3n) is 7.77. The summed E-state index contributed by atoms with van der Waals surface area (Å²) in [6.07, 6.45) is 4.40. The number of hydrogen-bond donors (Lipinski definition) is 0. The molecule has 4 heteroatoms. The fourth-order valence-corrected chi connectivity index (χ4v) is 6.28. The van der Waals surface area contributed by atoms with Gasteiger partial charge in [-0.2, -0.15) is 0 Å². The molecule has 0 spiro atoms. The highest BCUT2D eigenvalue weighted by Gasteiger charge is 2.61. The molecule has 5 rings (SSSR count). The van der Waals surface area contributed by atoms with E-state index in [1.807, 2.05) is 0 Å². The van der Waals surface area contributed by atoms with Gasteiger partial charge in [0.05, 0.1) is 31.8 Å². The molecule has 2 bridgehead atoms. The maximum atomic E-state index is 10.3. The lowest BCUT2D eigenvalue weighted by Crippen LogP contribution is -2.28. The predicted octanol–water partition coefficient (Wildman–Crippen LogP) is 6.40. The van der Waals surface area contributed by atoms with Crippen LogP contribution in [-0.4, -0.2) is 39.8 Å².